The number of hydrogen-bond donors (Lipinski definition) is 1. The third kappa shape index (κ3) is 6.25. The Balaban J connectivity index is 0.00000484. The molecule has 1 aliphatic heterocycles. The summed E-state index contributed by atoms with van der Waals surface area (Å²) in [7, 11) is 6.73. The summed E-state index contributed by atoms with van der Waals surface area (Å²) in [6.07, 6.45) is 0.920. The lowest BCUT2D eigenvalue weighted by molar-refractivity contribution is -0.146. The second-order valence-electron chi connectivity index (χ2n) is 5.91. The number of hydrogen-bond acceptors (Lipinski definition) is 5. The van der Waals surface area contributed by atoms with Crippen molar-refractivity contribution in [3.8, 4) is 0 Å². The number of nitrogens with one attached hydrogen (secondary N) is 1. The fourth-order valence-electron chi connectivity index (χ4n) is 2.66. The van der Waals surface area contributed by atoms with E-state index in [0.717, 1.165) is 6.54 Å². The van der Waals surface area contributed by atoms with Crippen LogP contribution in [-0.4, -0.2) is 89.3 Å². The lowest BCUT2D eigenvalue weighted by atomic mass is 9.81. The molecule has 0 radical (unpaired) electrons. The van der Waals surface area contributed by atoms with Gasteiger partial charge in [-0.1, -0.05) is 0 Å². The van der Waals surface area contributed by atoms with E-state index in [9.17, 15) is 9.59 Å². The van der Waals surface area contributed by atoms with Crippen molar-refractivity contribution in [1.29, 1.82) is 0 Å². The average molecular weight is 352 g/mol. The number of nitrogens with zero attached hydrogens (tertiary/aromatic N) is 2. The first-order valence-electron chi connectivity index (χ1n) is 7.65. The molecule has 0 aliphatic carbocycles. The van der Waals surface area contributed by atoms with Gasteiger partial charge in [0, 0.05) is 54.4 Å². The van der Waals surface area contributed by atoms with Crippen LogP contribution in [0.5, 0.6) is 0 Å². The highest BCUT2D eigenvalue weighted by Gasteiger charge is 2.44. The molecule has 0 aromatic carbocycles. The van der Waals surface area contributed by atoms with Gasteiger partial charge in [-0.25, -0.2) is 0 Å². The molecule has 1 aliphatic rings. The predicted molar refractivity (Wildman–Crippen MR) is 90.8 cm³/mol. The summed E-state index contributed by atoms with van der Waals surface area (Å²) in [5, 5.41) is 3.22. The molecule has 1 fully saturated rings. The Kier molecular flexibility index (Phi) is 10.4. The zero-order chi connectivity index (χ0) is 16.6. The largest absolute Gasteiger partial charge is 0.383 e. The van der Waals surface area contributed by atoms with Gasteiger partial charge >= 0.3 is 0 Å². The van der Waals surface area contributed by atoms with Crippen molar-refractivity contribution in [3.63, 3.8) is 0 Å². The molecule has 1 rings (SSSR count). The van der Waals surface area contributed by atoms with Crippen molar-refractivity contribution < 1.29 is 19.1 Å². The Bertz CT molecular complexity index is 376. The van der Waals surface area contributed by atoms with Crippen molar-refractivity contribution >= 4 is 24.2 Å². The smallest absolute Gasteiger partial charge is 0.230 e. The van der Waals surface area contributed by atoms with Crippen molar-refractivity contribution in [2.24, 2.45) is 5.41 Å². The maximum absolute atomic E-state index is 12.8. The minimum Gasteiger partial charge on any atom is -0.383 e. The second-order valence-corrected chi connectivity index (χ2v) is 5.91. The molecule has 7 nitrogen and oxygen atoms in total. The van der Waals surface area contributed by atoms with Crippen LogP contribution in [0.25, 0.3) is 0 Å². The van der Waals surface area contributed by atoms with Crippen molar-refractivity contribution in [3.05, 3.63) is 0 Å². The van der Waals surface area contributed by atoms with Crippen molar-refractivity contribution in [2.75, 3.05) is 67.7 Å². The molecule has 23 heavy (non-hydrogen) atoms. The Morgan fingerprint density at radius 3 is 2.13 bits per heavy atom. The number of halogens is 1. The van der Waals surface area contributed by atoms with Crippen LogP contribution < -0.4 is 5.32 Å². The van der Waals surface area contributed by atoms with E-state index < -0.39 is 5.41 Å². The van der Waals surface area contributed by atoms with Gasteiger partial charge in [0.25, 0.3) is 0 Å². The van der Waals surface area contributed by atoms with E-state index in [0.29, 0.717) is 39.3 Å². The normalized spacial score (nSPS) is 20.0. The maximum atomic E-state index is 12.8. The number of carbonyl (C=O) groups excluding carboxylic acids is 2. The summed E-state index contributed by atoms with van der Waals surface area (Å²) >= 11 is 0. The summed E-state index contributed by atoms with van der Waals surface area (Å²) in [5.41, 5.74) is -0.638. The van der Waals surface area contributed by atoms with Crippen LogP contribution in [0, 0.1) is 5.41 Å². The van der Waals surface area contributed by atoms with Gasteiger partial charge in [0.15, 0.2) is 0 Å². The number of ether oxygens (including phenoxy) is 2. The van der Waals surface area contributed by atoms with E-state index in [1.54, 1.807) is 38.1 Å². The second kappa shape index (κ2) is 10.8. The third-order valence-corrected chi connectivity index (χ3v) is 4.22. The molecule has 0 aromatic heterocycles. The first-order valence-corrected chi connectivity index (χ1v) is 7.65. The summed E-state index contributed by atoms with van der Waals surface area (Å²) < 4.78 is 10.0. The molecular formula is C15H30ClN3O4. The zero-order valence-corrected chi connectivity index (χ0v) is 15.4. The lowest BCUT2D eigenvalue weighted by Gasteiger charge is -2.32. The van der Waals surface area contributed by atoms with Crippen molar-refractivity contribution in [1.82, 2.24) is 15.1 Å². The standard InChI is InChI=1S/C15H29N3O4.ClH/c1-17(7-9-21-3)13(19)11-15(5-6-16-12-15)14(20)18(2)8-10-22-4;/h16H,5-12H2,1-4H3;1H. The van der Waals surface area contributed by atoms with Crippen LogP contribution in [0.1, 0.15) is 12.8 Å². The first-order chi connectivity index (χ1) is 10.5. The lowest BCUT2D eigenvalue weighted by Crippen LogP contribution is -2.47. The highest BCUT2D eigenvalue weighted by Crippen LogP contribution is 2.32. The van der Waals surface area contributed by atoms with E-state index in [4.69, 9.17) is 9.47 Å². The molecule has 1 saturated heterocycles. The maximum Gasteiger partial charge on any atom is 0.230 e. The molecular weight excluding hydrogens is 322 g/mol. The topological polar surface area (TPSA) is 71.1 Å². The highest BCUT2D eigenvalue weighted by molar-refractivity contribution is 5.89. The van der Waals surface area contributed by atoms with Crippen LogP contribution in [-0.2, 0) is 19.1 Å². The number of amides is 2. The molecule has 0 aromatic rings. The third-order valence-electron chi connectivity index (χ3n) is 4.22. The predicted octanol–water partition coefficient (Wildman–Crippen LogP) is -0.0124. The van der Waals surface area contributed by atoms with Gasteiger partial charge in [-0.15, -0.1) is 12.4 Å². The molecule has 1 N–H and O–H groups in total. The molecule has 1 atom stereocenters. The van der Waals surface area contributed by atoms with E-state index in [1.165, 1.54) is 0 Å². The summed E-state index contributed by atoms with van der Waals surface area (Å²) in [4.78, 5) is 28.5. The van der Waals surface area contributed by atoms with E-state index in [2.05, 4.69) is 5.32 Å². The Morgan fingerprint density at radius 2 is 1.65 bits per heavy atom. The SMILES string of the molecule is COCCN(C)C(=O)CC1(C(=O)N(C)CCOC)CCNC1.Cl. The molecule has 0 spiro atoms. The minimum absolute atomic E-state index is 0. The highest BCUT2D eigenvalue weighted by atomic mass is 35.5. The van der Waals surface area contributed by atoms with Crippen LogP contribution in [0.3, 0.4) is 0 Å². The van der Waals surface area contributed by atoms with Crippen LogP contribution in [0.15, 0.2) is 0 Å². The molecule has 0 bridgehead atoms. The molecule has 1 heterocycles. The Labute approximate surface area is 145 Å². The monoisotopic (exact) mass is 351 g/mol. The van der Waals surface area contributed by atoms with Crippen molar-refractivity contribution in [2.45, 2.75) is 12.8 Å². The van der Waals surface area contributed by atoms with Gasteiger partial charge in [0.1, 0.15) is 0 Å². The van der Waals surface area contributed by atoms with Crippen LogP contribution in [0.4, 0.5) is 0 Å². The molecule has 1 unspecified atom stereocenters. The summed E-state index contributed by atoms with van der Waals surface area (Å²) in [6, 6.07) is 0. The summed E-state index contributed by atoms with van der Waals surface area (Å²) in [6.45, 7) is 3.37. The number of rotatable bonds is 9. The first kappa shape index (κ1) is 22.1. The van der Waals surface area contributed by atoms with Crippen LogP contribution >= 0.6 is 12.4 Å². The molecule has 136 valence electrons. The fourth-order valence-corrected chi connectivity index (χ4v) is 2.66. The fraction of sp³-hybridized carbons (Fsp3) is 0.867. The van der Waals surface area contributed by atoms with E-state index in [-0.39, 0.29) is 30.6 Å². The number of methoxy groups -OCH3 is 2. The van der Waals surface area contributed by atoms with E-state index in [1.807, 2.05) is 0 Å². The van der Waals surface area contributed by atoms with Gasteiger partial charge in [0.05, 0.1) is 18.6 Å². The Morgan fingerprint density at radius 1 is 1.09 bits per heavy atom. The zero-order valence-electron chi connectivity index (χ0n) is 14.6. The average Bonchev–Trinajstić information content (AvgIpc) is 2.98. The van der Waals surface area contributed by atoms with E-state index >= 15 is 0 Å². The van der Waals surface area contributed by atoms with Gasteiger partial charge in [-0.2, -0.15) is 0 Å². The van der Waals surface area contributed by atoms with Gasteiger partial charge < -0.3 is 24.6 Å². The number of carbonyl (C=O) groups is 2. The van der Waals surface area contributed by atoms with Gasteiger partial charge in [-0.3, -0.25) is 9.59 Å². The number of likely N-dealkylation sites (N-methyl/N-ethyl adjacent to an activating group) is 2. The Hall–Kier alpha value is -0.890. The molecule has 0 saturated carbocycles. The minimum atomic E-state index is -0.638. The van der Waals surface area contributed by atoms with Crippen LogP contribution in [0.2, 0.25) is 0 Å². The molecule has 8 heteroatoms. The van der Waals surface area contributed by atoms with Gasteiger partial charge in [-0.05, 0) is 13.0 Å². The van der Waals surface area contributed by atoms with Gasteiger partial charge in [0.2, 0.25) is 11.8 Å². The quantitative estimate of drug-likeness (QED) is 0.632. The summed E-state index contributed by atoms with van der Waals surface area (Å²) in [5.74, 6) is -0.00252. The molecule has 2 amide bonds.